The third-order valence-corrected chi connectivity index (χ3v) is 4.48. The Bertz CT molecular complexity index is 1060. The standard InChI is InChI=1S/C19H16IN3O3/c1-11-4-3-5-14(8-11)23-17(25)10-16(24)18(22-23)19(26)21-15-7-6-13(20)9-12(15)2/h3-10,24H,1-2H3,(H,21,26). The van der Waals surface area contributed by atoms with E-state index in [2.05, 4.69) is 33.0 Å². The number of aryl methyl sites for hydroxylation is 2. The lowest BCUT2D eigenvalue weighted by Gasteiger charge is -2.11. The first-order valence-electron chi connectivity index (χ1n) is 7.83. The smallest absolute Gasteiger partial charge is 0.279 e. The molecule has 0 spiro atoms. The first-order chi connectivity index (χ1) is 12.3. The highest BCUT2D eigenvalue weighted by molar-refractivity contribution is 14.1. The van der Waals surface area contributed by atoms with Crippen molar-refractivity contribution in [2.24, 2.45) is 0 Å². The Morgan fingerprint density at radius 2 is 1.92 bits per heavy atom. The van der Waals surface area contributed by atoms with Gasteiger partial charge in [0.2, 0.25) is 0 Å². The van der Waals surface area contributed by atoms with E-state index in [1.165, 1.54) is 0 Å². The summed E-state index contributed by atoms with van der Waals surface area (Å²) in [6.07, 6.45) is 0. The third-order valence-electron chi connectivity index (χ3n) is 3.81. The molecular formula is C19H16IN3O3. The number of amides is 1. The van der Waals surface area contributed by atoms with Crippen LogP contribution in [-0.4, -0.2) is 20.8 Å². The fraction of sp³-hybridized carbons (Fsp3) is 0.105. The van der Waals surface area contributed by atoms with Crippen LogP contribution in [0.3, 0.4) is 0 Å². The molecule has 1 aromatic heterocycles. The maximum absolute atomic E-state index is 12.6. The maximum atomic E-state index is 12.6. The molecule has 0 aliphatic carbocycles. The van der Waals surface area contributed by atoms with Gasteiger partial charge in [-0.05, 0) is 77.9 Å². The van der Waals surface area contributed by atoms with E-state index in [0.717, 1.165) is 25.4 Å². The summed E-state index contributed by atoms with van der Waals surface area (Å²) in [6.45, 7) is 3.76. The van der Waals surface area contributed by atoms with Crippen LogP contribution in [0.5, 0.6) is 5.75 Å². The Balaban J connectivity index is 2.00. The molecule has 0 saturated carbocycles. The quantitative estimate of drug-likeness (QED) is 0.586. The van der Waals surface area contributed by atoms with Crippen molar-refractivity contribution < 1.29 is 9.90 Å². The summed E-state index contributed by atoms with van der Waals surface area (Å²) in [6, 6.07) is 13.7. The molecule has 0 atom stereocenters. The van der Waals surface area contributed by atoms with Crippen LogP contribution in [0.2, 0.25) is 0 Å². The van der Waals surface area contributed by atoms with Crippen LogP contribution in [0.4, 0.5) is 5.69 Å². The number of halogens is 1. The molecule has 26 heavy (non-hydrogen) atoms. The predicted molar refractivity (Wildman–Crippen MR) is 108 cm³/mol. The fourth-order valence-electron chi connectivity index (χ4n) is 2.50. The monoisotopic (exact) mass is 461 g/mol. The lowest BCUT2D eigenvalue weighted by molar-refractivity contribution is 0.101. The molecule has 2 N–H and O–H groups in total. The normalized spacial score (nSPS) is 10.6. The highest BCUT2D eigenvalue weighted by atomic mass is 127. The summed E-state index contributed by atoms with van der Waals surface area (Å²) in [4.78, 5) is 24.8. The Labute approximate surface area is 163 Å². The van der Waals surface area contributed by atoms with Gasteiger partial charge in [-0.15, -0.1) is 0 Å². The number of rotatable bonds is 3. The second-order valence-corrected chi connectivity index (χ2v) is 7.13. The third kappa shape index (κ3) is 3.77. The first-order valence-corrected chi connectivity index (χ1v) is 8.91. The van der Waals surface area contributed by atoms with Crippen LogP contribution >= 0.6 is 22.6 Å². The van der Waals surface area contributed by atoms with E-state index >= 15 is 0 Å². The lowest BCUT2D eigenvalue weighted by Crippen LogP contribution is -2.25. The van der Waals surface area contributed by atoms with Crippen LogP contribution in [0.1, 0.15) is 21.6 Å². The van der Waals surface area contributed by atoms with Crippen molar-refractivity contribution in [2.75, 3.05) is 5.32 Å². The molecule has 0 unspecified atom stereocenters. The average Bonchev–Trinajstić information content (AvgIpc) is 2.57. The number of anilines is 1. The fourth-order valence-corrected chi connectivity index (χ4v) is 3.15. The molecule has 1 amide bonds. The maximum Gasteiger partial charge on any atom is 0.279 e. The molecular weight excluding hydrogens is 445 g/mol. The SMILES string of the molecule is Cc1cccc(-n2nc(C(=O)Nc3ccc(I)cc3C)c(O)cc2=O)c1. The van der Waals surface area contributed by atoms with Crippen molar-refractivity contribution in [3.8, 4) is 11.4 Å². The highest BCUT2D eigenvalue weighted by Gasteiger charge is 2.18. The largest absolute Gasteiger partial charge is 0.505 e. The van der Waals surface area contributed by atoms with E-state index in [9.17, 15) is 14.7 Å². The molecule has 0 aliphatic heterocycles. The van der Waals surface area contributed by atoms with Gasteiger partial charge >= 0.3 is 0 Å². The summed E-state index contributed by atoms with van der Waals surface area (Å²) in [5, 5.41) is 16.8. The number of benzene rings is 2. The van der Waals surface area contributed by atoms with E-state index in [1.807, 2.05) is 32.0 Å². The Kier molecular flexibility index (Phi) is 5.08. The minimum atomic E-state index is -0.590. The zero-order valence-electron chi connectivity index (χ0n) is 14.2. The molecule has 7 heteroatoms. The highest BCUT2D eigenvalue weighted by Crippen LogP contribution is 2.20. The van der Waals surface area contributed by atoms with Crippen molar-refractivity contribution >= 4 is 34.2 Å². The molecule has 1 heterocycles. The van der Waals surface area contributed by atoms with E-state index in [-0.39, 0.29) is 5.69 Å². The average molecular weight is 461 g/mol. The van der Waals surface area contributed by atoms with E-state index in [0.29, 0.717) is 11.4 Å². The van der Waals surface area contributed by atoms with Gasteiger partial charge in [0, 0.05) is 15.3 Å². The van der Waals surface area contributed by atoms with E-state index < -0.39 is 17.2 Å². The number of nitrogens with zero attached hydrogens (tertiary/aromatic N) is 2. The Hall–Kier alpha value is -2.68. The Morgan fingerprint density at radius 3 is 2.62 bits per heavy atom. The molecule has 0 radical (unpaired) electrons. The van der Waals surface area contributed by atoms with Crippen molar-refractivity contribution in [1.82, 2.24) is 9.78 Å². The molecule has 3 aromatic rings. The number of hydrogen-bond acceptors (Lipinski definition) is 4. The molecule has 2 aromatic carbocycles. The van der Waals surface area contributed by atoms with Gasteiger partial charge in [0.05, 0.1) is 5.69 Å². The van der Waals surface area contributed by atoms with Crippen molar-refractivity contribution in [2.45, 2.75) is 13.8 Å². The van der Waals surface area contributed by atoms with Crippen molar-refractivity contribution in [3.63, 3.8) is 0 Å². The molecule has 3 rings (SSSR count). The summed E-state index contributed by atoms with van der Waals surface area (Å²) in [5.41, 5.74) is 2.24. The second-order valence-electron chi connectivity index (χ2n) is 5.88. The molecule has 0 fully saturated rings. The summed E-state index contributed by atoms with van der Waals surface area (Å²) >= 11 is 2.19. The topological polar surface area (TPSA) is 84.2 Å². The van der Waals surface area contributed by atoms with Gasteiger partial charge in [-0.1, -0.05) is 12.1 Å². The van der Waals surface area contributed by atoms with Crippen LogP contribution in [0.25, 0.3) is 5.69 Å². The number of hydrogen-bond donors (Lipinski definition) is 2. The summed E-state index contributed by atoms with van der Waals surface area (Å²) in [7, 11) is 0. The van der Waals surface area contributed by atoms with E-state index in [4.69, 9.17) is 0 Å². The number of aromatic nitrogens is 2. The van der Waals surface area contributed by atoms with E-state index in [1.54, 1.807) is 24.3 Å². The van der Waals surface area contributed by atoms with Crippen LogP contribution in [0.15, 0.2) is 53.3 Å². The van der Waals surface area contributed by atoms with Gasteiger partial charge in [-0.25, -0.2) is 0 Å². The van der Waals surface area contributed by atoms with Gasteiger partial charge < -0.3 is 10.4 Å². The zero-order chi connectivity index (χ0) is 18.8. The lowest BCUT2D eigenvalue weighted by atomic mass is 10.2. The van der Waals surface area contributed by atoms with Crippen LogP contribution < -0.4 is 10.9 Å². The number of carbonyl (C=O) groups is 1. The van der Waals surface area contributed by atoms with Crippen LogP contribution in [0, 0.1) is 17.4 Å². The van der Waals surface area contributed by atoms with Gasteiger partial charge in [0.25, 0.3) is 11.5 Å². The van der Waals surface area contributed by atoms with Gasteiger partial charge in [-0.2, -0.15) is 9.78 Å². The second kappa shape index (κ2) is 7.28. The first kappa shape index (κ1) is 18.1. The molecule has 0 bridgehead atoms. The minimum Gasteiger partial charge on any atom is -0.505 e. The van der Waals surface area contributed by atoms with Gasteiger partial charge in [0.15, 0.2) is 11.4 Å². The predicted octanol–water partition coefficient (Wildman–Crippen LogP) is 3.41. The number of aromatic hydroxyl groups is 1. The molecule has 132 valence electrons. The van der Waals surface area contributed by atoms with Gasteiger partial charge in [-0.3, -0.25) is 9.59 Å². The summed E-state index contributed by atoms with van der Waals surface area (Å²) < 4.78 is 2.15. The Morgan fingerprint density at radius 1 is 1.15 bits per heavy atom. The van der Waals surface area contributed by atoms with Crippen molar-refractivity contribution in [3.05, 3.63) is 79.3 Å². The molecule has 0 aliphatic rings. The minimum absolute atomic E-state index is 0.218. The number of carbonyl (C=O) groups excluding carboxylic acids is 1. The van der Waals surface area contributed by atoms with Crippen LogP contribution in [-0.2, 0) is 0 Å². The molecule has 0 saturated heterocycles. The molecule has 6 nitrogen and oxygen atoms in total. The zero-order valence-corrected chi connectivity index (χ0v) is 16.3. The number of nitrogens with one attached hydrogen (secondary N) is 1. The van der Waals surface area contributed by atoms with Gasteiger partial charge in [0.1, 0.15) is 0 Å². The summed E-state index contributed by atoms with van der Waals surface area (Å²) in [5.74, 6) is -1.05. The van der Waals surface area contributed by atoms with Crippen molar-refractivity contribution in [1.29, 1.82) is 0 Å².